The molecule has 2 aromatic carbocycles. The lowest BCUT2D eigenvalue weighted by Crippen LogP contribution is -2.32. The highest BCUT2D eigenvalue weighted by molar-refractivity contribution is 6.35. The van der Waals surface area contributed by atoms with Crippen LogP contribution in [0.4, 0.5) is 5.69 Å². The standard InChI is InChI=1S/C18H15Cl3N2O2/c19-13-3-1-11(2-4-13)9-22-18(25)12-5-17(24)23(10-12)16-7-14(20)6-15(21)8-16/h1-4,6-8,12H,5,9-10H2,(H,22,25). The van der Waals surface area contributed by atoms with Gasteiger partial charge in [-0.1, -0.05) is 46.9 Å². The molecule has 1 atom stereocenters. The lowest BCUT2D eigenvalue weighted by atomic mass is 10.1. The Morgan fingerprint density at radius 2 is 1.68 bits per heavy atom. The van der Waals surface area contributed by atoms with Gasteiger partial charge in [-0.2, -0.15) is 0 Å². The Balaban J connectivity index is 1.63. The van der Waals surface area contributed by atoms with Gasteiger partial charge in [0, 0.05) is 40.3 Å². The summed E-state index contributed by atoms with van der Waals surface area (Å²) in [4.78, 5) is 26.2. The van der Waals surface area contributed by atoms with Crippen molar-refractivity contribution in [2.45, 2.75) is 13.0 Å². The Kier molecular flexibility index (Phi) is 5.52. The van der Waals surface area contributed by atoms with Crippen LogP contribution >= 0.6 is 34.8 Å². The molecular weight excluding hydrogens is 383 g/mol. The number of amides is 2. The number of anilines is 1. The van der Waals surface area contributed by atoms with Gasteiger partial charge in [-0.05, 0) is 35.9 Å². The summed E-state index contributed by atoms with van der Waals surface area (Å²) in [6.45, 7) is 0.700. The van der Waals surface area contributed by atoms with Crippen LogP contribution < -0.4 is 10.2 Å². The first-order chi connectivity index (χ1) is 11.9. The van der Waals surface area contributed by atoms with E-state index in [2.05, 4.69) is 5.32 Å². The predicted molar refractivity (Wildman–Crippen MR) is 100 cm³/mol. The molecule has 0 aromatic heterocycles. The topological polar surface area (TPSA) is 49.4 Å². The van der Waals surface area contributed by atoms with Gasteiger partial charge in [0.1, 0.15) is 0 Å². The summed E-state index contributed by atoms with van der Waals surface area (Å²) in [6, 6.07) is 12.2. The largest absolute Gasteiger partial charge is 0.352 e. The predicted octanol–water partition coefficient (Wildman–Crippen LogP) is 4.32. The van der Waals surface area contributed by atoms with Gasteiger partial charge >= 0.3 is 0 Å². The molecular formula is C18H15Cl3N2O2. The van der Waals surface area contributed by atoms with Crippen molar-refractivity contribution in [2.75, 3.05) is 11.4 Å². The second-order valence-corrected chi connectivity index (χ2v) is 7.19. The highest BCUT2D eigenvalue weighted by Gasteiger charge is 2.35. The first-order valence-electron chi connectivity index (χ1n) is 7.71. The fourth-order valence-corrected chi connectivity index (χ4v) is 3.40. The Hall–Kier alpha value is -1.75. The van der Waals surface area contributed by atoms with Gasteiger partial charge < -0.3 is 10.2 Å². The number of carbonyl (C=O) groups is 2. The number of carbonyl (C=O) groups excluding carboxylic acids is 2. The normalized spacial score (nSPS) is 17.0. The van der Waals surface area contributed by atoms with E-state index in [0.717, 1.165) is 5.56 Å². The van der Waals surface area contributed by atoms with Gasteiger partial charge in [-0.15, -0.1) is 0 Å². The third-order valence-corrected chi connectivity index (χ3v) is 4.72. The van der Waals surface area contributed by atoms with Crippen molar-refractivity contribution in [2.24, 2.45) is 5.92 Å². The van der Waals surface area contributed by atoms with Crippen LogP contribution in [-0.4, -0.2) is 18.4 Å². The molecule has 4 nitrogen and oxygen atoms in total. The zero-order chi connectivity index (χ0) is 18.0. The molecule has 1 unspecified atom stereocenters. The molecule has 1 aliphatic rings. The van der Waals surface area contributed by atoms with Crippen LogP contribution in [0.5, 0.6) is 0 Å². The van der Waals surface area contributed by atoms with E-state index in [4.69, 9.17) is 34.8 Å². The third-order valence-electron chi connectivity index (χ3n) is 4.03. The third kappa shape index (κ3) is 4.46. The average molecular weight is 398 g/mol. The molecule has 25 heavy (non-hydrogen) atoms. The number of halogens is 3. The van der Waals surface area contributed by atoms with Crippen LogP contribution in [0.2, 0.25) is 15.1 Å². The Morgan fingerprint density at radius 1 is 1.04 bits per heavy atom. The van der Waals surface area contributed by atoms with Crippen molar-refractivity contribution in [1.29, 1.82) is 0 Å². The minimum Gasteiger partial charge on any atom is -0.352 e. The van der Waals surface area contributed by atoms with E-state index in [9.17, 15) is 9.59 Å². The lowest BCUT2D eigenvalue weighted by molar-refractivity contribution is -0.126. The fourth-order valence-electron chi connectivity index (χ4n) is 2.76. The first-order valence-corrected chi connectivity index (χ1v) is 8.84. The van der Waals surface area contributed by atoms with Crippen molar-refractivity contribution in [3.05, 3.63) is 63.1 Å². The van der Waals surface area contributed by atoms with Crippen LogP contribution in [0.1, 0.15) is 12.0 Å². The average Bonchev–Trinajstić information content (AvgIpc) is 2.95. The van der Waals surface area contributed by atoms with Gasteiger partial charge in [0.05, 0.1) is 5.92 Å². The summed E-state index contributed by atoms with van der Waals surface area (Å²) in [5.41, 5.74) is 1.55. The van der Waals surface area contributed by atoms with Crippen LogP contribution in [-0.2, 0) is 16.1 Å². The van der Waals surface area contributed by atoms with Gasteiger partial charge in [-0.25, -0.2) is 0 Å². The minimum atomic E-state index is -0.405. The quantitative estimate of drug-likeness (QED) is 0.835. The van der Waals surface area contributed by atoms with Gasteiger partial charge in [0.2, 0.25) is 11.8 Å². The minimum absolute atomic E-state index is 0.120. The van der Waals surface area contributed by atoms with Crippen molar-refractivity contribution < 1.29 is 9.59 Å². The van der Waals surface area contributed by atoms with Crippen LogP contribution in [0.3, 0.4) is 0 Å². The van der Waals surface area contributed by atoms with E-state index >= 15 is 0 Å². The maximum Gasteiger partial charge on any atom is 0.227 e. The second kappa shape index (κ2) is 7.65. The molecule has 3 rings (SSSR count). The van der Waals surface area contributed by atoms with Crippen molar-refractivity contribution in [3.8, 4) is 0 Å². The van der Waals surface area contributed by atoms with Crippen LogP contribution in [0.15, 0.2) is 42.5 Å². The Labute approximate surface area is 160 Å². The molecule has 0 saturated carbocycles. The fraction of sp³-hybridized carbons (Fsp3) is 0.222. The van der Waals surface area contributed by atoms with E-state index < -0.39 is 5.92 Å². The van der Waals surface area contributed by atoms with Crippen LogP contribution in [0, 0.1) is 5.92 Å². The molecule has 0 aliphatic carbocycles. The lowest BCUT2D eigenvalue weighted by Gasteiger charge is -2.17. The highest BCUT2D eigenvalue weighted by Crippen LogP contribution is 2.30. The molecule has 1 fully saturated rings. The molecule has 7 heteroatoms. The summed E-state index contributed by atoms with van der Waals surface area (Å²) in [5, 5.41) is 4.41. The maximum atomic E-state index is 12.4. The number of hydrogen-bond donors (Lipinski definition) is 1. The molecule has 0 radical (unpaired) electrons. The van der Waals surface area contributed by atoms with E-state index in [-0.39, 0.29) is 18.2 Å². The zero-order valence-corrected chi connectivity index (χ0v) is 15.4. The van der Waals surface area contributed by atoms with E-state index in [0.29, 0.717) is 33.8 Å². The van der Waals surface area contributed by atoms with Crippen molar-refractivity contribution >= 4 is 52.3 Å². The van der Waals surface area contributed by atoms with E-state index in [1.54, 1.807) is 35.2 Å². The zero-order valence-electron chi connectivity index (χ0n) is 13.1. The molecule has 130 valence electrons. The molecule has 0 bridgehead atoms. The monoisotopic (exact) mass is 396 g/mol. The molecule has 1 saturated heterocycles. The van der Waals surface area contributed by atoms with Crippen molar-refractivity contribution in [3.63, 3.8) is 0 Å². The first kappa shape index (κ1) is 18.1. The number of nitrogens with one attached hydrogen (secondary N) is 1. The number of hydrogen-bond acceptors (Lipinski definition) is 2. The maximum absolute atomic E-state index is 12.4. The van der Waals surface area contributed by atoms with Gasteiger partial charge in [-0.3, -0.25) is 9.59 Å². The van der Waals surface area contributed by atoms with E-state index in [1.807, 2.05) is 12.1 Å². The van der Waals surface area contributed by atoms with Crippen LogP contribution in [0.25, 0.3) is 0 Å². The summed E-state index contributed by atoms with van der Waals surface area (Å²) in [6.07, 6.45) is 0.163. The molecule has 1 aliphatic heterocycles. The summed E-state index contributed by atoms with van der Waals surface area (Å²) in [5.74, 6) is -0.679. The number of rotatable bonds is 4. The highest BCUT2D eigenvalue weighted by atomic mass is 35.5. The van der Waals surface area contributed by atoms with Gasteiger partial charge in [0.25, 0.3) is 0 Å². The smallest absolute Gasteiger partial charge is 0.227 e. The Bertz CT molecular complexity index is 788. The van der Waals surface area contributed by atoms with E-state index in [1.165, 1.54) is 0 Å². The molecule has 0 spiro atoms. The van der Waals surface area contributed by atoms with Gasteiger partial charge in [0.15, 0.2) is 0 Å². The summed E-state index contributed by atoms with van der Waals surface area (Å²) in [7, 11) is 0. The molecule has 2 aromatic rings. The number of nitrogens with zero attached hydrogens (tertiary/aromatic N) is 1. The molecule has 1 heterocycles. The number of benzene rings is 2. The summed E-state index contributed by atoms with van der Waals surface area (Å²) < 4.78 is 0. The van der Waals surface area contributed by atoms with Crippen molar-refractivity contribution in [1.82, 2.24) is 5.32 Å². The SMILES string of the molecule is O=C(NCc1ccc(Cl)cc1)C1CC(=O)N(c2cc(Cl)cc(Cl)c2)C1. The molecule has 1 N–H and O–H groups in total. The molecule has 2 amide bonds. The Morgan fingerprint density at radius 3 is 2.32 bits per heavy atom. The second-order valence-electron chi connectivity index (χ2n) is 5.88. The summed E-state index contributed by atoms with van der Waals surface area (Å²) >= 11 is 17.8.